The molecule has 6 heteroatoms. The fourth-order valence-electron chi connectivity index (χ4n) is 2.85. The van der Waals surface area contributed by atoms with Gasteiger partial charge in [0.1, 0.15) is 12.1 Å². The van der Waals surface area contributed by atoms with E-state index < -0.39 is 0 Å². The van der Waals surface area contributed by atoms with Gasteiger partial charge < -0.3 is 10.2 Å². The highest BCUT2D eigenvalue weighted by Crippen LogP contribution is 2.15. The van der Waals surface area contributed by atoms with Gasteiger partial charge in [0.15, 0.2) is 0 Å². The van der Waals surface area contributed by atoms with Crippen molar-refractivity contribution in [2.24, 2.45) is 0 Å². The van der Waals surface area contributed by atoms with Crippen LogP contribution in [0.1, 0.15) is 12.5 Å². The lowest BCUT2D eigenvalue weighted by Gasteiger charge is -2.23. The van der Waals surface area contributed by atoms with Gasteiger partial charge in [-0.2, -0.15) is 0 Å². The zero-order valence-corrected chi connectivity index (χ0v) is 14.6. The Balaban J connectivity index is 1.53. The summed E-state index contributed by atoms with van der Waals surface area (Å²) in [6.45, 7) is 6.63. The van der Waals surface area contributed by atoms with Gasteiger partial charge in [0.25, 0.3) is 0 Å². The molecule has 0 aliphatic carbocycles. The number of nitrogens with zero attached hydrogens (tertiary/aromatic N) is 4. The monoisotopic (exact) mass is 337 g/mol. The van der Waals surface area contributed by atoms with Gasteiger partial charge >= 0.3 is 0 Å². The van der Waals surface area contributed by atoms with Crippen molar-refractivity contribution in [1.29, 1.82) is 0 Å². The maximum atomic E-state index is 12.2. The van der Waals surface area contributed by atoms with Gasteiger partial charge in [0.2, 0.25) is 5.91 Å². The van der Waals surface area contributed by atoms with Crippen LogP contribution in [0.4, 0.5) is 5.69 Å². The van der Waals surface area contributed by atoms with Gasteiger partial charge in [-0.3, -0.25) is 4.79 Å². The third-order valence-electron chi connectivity index (χ3n) is 4.17. The standard InChI is InChI=1S/C19H23N5O/c1-3-23(16-8-6-7-15(2)13-16)12-11-20-19(25)14-24-18-10-5-4-9-17(18)21-22-24/h4-10,13H,3,11-12,14H2,1-2H3,(H,20,25). The number of hydrogen-bond acceptors (Lipinski definition) is 4. The van der Waals surface area contributed by atoms with E-state index in [4.69, 9.17) is 0 Å². The molecule has 130 valence electrons. The van der Waals surface area contributed by atoms with E-state index in [1.165, 1.54) is 11.3 Å². The largest absolute Gasteiger partial charge is 0.370 e. The molecule has 1 heterocycles. The van der Waals surface area contributed by atoms with Crippen LogP contribution in [-0.2, 0) is 11.3 Å². The lowest BCUT2D eigenvalue weighted by atomic mass is 10.2. The maximum Gasteiger partial charge on any atom is 0.241 e. The van der Waals surface area contributed by atoms with Crippen LogP contribution in [0.25, 0.3) is 11.0 Å². The lowest BCUT2D eigenvalue weighted by Crippen LogP contribution is -2.36. The predicted molar refractivity (Wildman–Crippen MR) is 99.6 cm³/mol. The van der Waals surface area contributed by atoms with Crippen molar-refractivity contribution < 1.29 is 4.79 Å². The first-order chi connectivity index (χ1) is 12.2. The van der Waals surface area contributed by atoms with Crippen molar-refractivity contribution in [2.75, 3.05) is 24.5 Å². The van der Waals surface area contributed by atoms with Crippen LogP contribution in [0.3, 0.4) is 0 Å². The van der Waals surface area contributed by atoms with Crippen molar-refractivity contribution in [3.8, 4) is 0 Å². The van der Waals surface area contributed by atoms with E-state index >= 15 is 0 Å². The molecule has 1 N–H and O–H groups in total. The van der Waals surface area contributed by atoms with Gasteiger partial charge in [-0.25, -0.2) is 4.68 Å². The zero-order chi connectivity index (χ0) is 17.6. The Morgan fingerprint density at radius 3 is 2.84 bits per heavy atom. The van der Waals surface area contributed by atoms with E-state index in [0.717, 1.165) is 24.1 Å². The minimum Gasteiger partial charge on any atom is -0.370 e. The van der Waals surface area contributed by atoms with Crippen molar-refractivity contribution in [1.82, 2.24) is 20.3 Å². The number of likely N-dealkylation sites (N-methyl/N-ethyl adjacent to an activating group) is 1. The fraction of sp³-hybridized carbons (Fsp3) is 0.316. The summed E-state index contributed by atoms with van der Waals surface area (Å²) in [4.78, 5) is 14.4. The number of para-hydroxylation sites is 1. The third kappa shape index (κ3) is 4.15. The topological polar surface area (TPSA) is 63.1 Å². The van der Waals surface area contributed by atoms with Crippen LogP contribution in [-0.4, -0.2) is 40.5 Å². The van der Waals surface area contributed by atoms with Gasteiger partial charge in [-0.1, -0.05) is 29.5 Å². The molecule has 2 aromatic carbocycles. The molecule has 25 heavy (non-hydrogen) atoms. The third-order valence-corrected chi connectivity index (χ3v) is 4.17. The summed E-state index contributed by atoms with van der Waals surface area (Å²) >= 11 is 0. The number of rotatable bonds is 7. The van der Waals surface area contributed by atoms with Crippen LogP contribution in [0.5, 0.6) is 0 Å². The first-order valence-corrected chi connectivity index (χ1v) is 8.54. The molecule has 0 aliphatic rings. The number of nitrogens with one attached hydrogen (secondary N) is 1. The van der Waals surface area contributed by atoms with E-state index in [0.29, 0.717) is 6.54 Å². The summed E-state index contributed by atoms with van der Waals surface area (Å²) in [6, 6.07) is 16.0. The SMILES string of the molecule is CCN(CCNC(=O)Cn1nnc2ccccc21)c1cccc(C)c1. The van der Waals surface area contributed by atoms with Gasteiger partial charge in [-0.05, 0) is 43.7 Å². The molecular weight excluding hydrogens is 314 g/mol. The molecule has 0 saturated heterocycles. The molecule has 0 unspecified atom stereocenters. The second-order valence-electron chi connectivity index (χ2n) is 6.00. The van der Waals surface area contributed by atoms with Crippen LogP contribution < -0.4 is 10.2 Å². The molecule has 0 atom stereocenters. The molecule has 1 amide bonds. The van der Waals surface area contributed by atoms with Gasteiger partial charge in [0.05, 0.1) is 5.52 Å². The van der Waals surface area contributed by atoms with Crippen LogP contribution >= 0.6 is 0 Å². The molecule has 1 aromatic heterocycles. The Hall–Kier alpha value is -2.89. The van der Waals surface area contributed by atoms with Crippen molar-refractivity contribution in [3.05, 3.63) is 54.1 Å². The predicted octanol–water partition coefficient (Wildman–Crippen LogP) is 2.38. The van der Waals surface area contributed by atoms with Crippen LogP contribution in [0.15, 0.2) is 48.5 Å². The number of hydrogen-bond donors (Lipinski definition) is 1. The first kappa shape index (κ1) is 17.0. The quantitative estimate of drug-likeness (QED) is 0.719. The minimum absolute atomic E-state index is 0.0593. The summed E-state index contributed by atoms with van der Waals surface area (Å²) < 4.78 is 1.63. The molecule has 0 saturated carbocycles. The second-order valence-corrected chi connectivity index (χ2v) is 6.00. The molecule has 0 bridgehead atoms. The molecular formula is C19H23N5O. The highest BCUT2D eigenvalue weighted by molar-refractivity contribution is 5.79. The Labute approximate surface area is 147 Å². The number of aryl methyl sites for hydroxylation is 1. The summed E-state index contributed by atoms with van der Waals surface area (Å²) in [6.07, 6.45) is 0. The summed E-state index contributed by atoms with van der Waals surface area (Å²) in [7, 11) is 0. The number of anilines is 1. The number of carbonyl (C=O) groups is 1. The molecule has 0 fully saturated rings. The fourth-order valence-corrected chi connectivity index (χ4v) is 2.85. The van der Waals surface area contributed by atoms with E-state index in [-0.39, 0.29) is 12.5 Å². The number of fused-ring (bicyclic) bond motifs is 1. The average molecular weight is 337 g/mol. The summed E-state index contributed by atoms with van der Waals surface area (Å²) in [5.41, 5.74) is 4.08. The second kappa shape index (κ2) is 7.79. The zero-order valence-electron chi connectivity index (χ0n) is 14.6. The van der Waals surface area contributed by atoms with Crippen molar-refractivity contribution in [3.63, 3.8) is 0 Å². The Bertz CT molecular complexity index is 858. The van der Waals surface area contributed by atoms with Crippen LogP contribution in [0.2, 0.25) is 0 Å². The lowest BCUT2D eigenvalue weighted by molar-refractivity contribution is -0.121. The highest BCUT2D eigenvalue weighted by Gasteiger charge is 2.09. The smallest absolute Gasteiger partial charge is 0.241 e. The minimum atomic E-state index is -0.0593. The molecule has 6 nitrogen and oxygen atoms in total. The molecule has 0 spiro atoms. The Kier molecular flexibility index (Phi) is 5.28. The number of amides is 1. The van der Waals surface area contributed by atoms with Crippen LogP contribution in [0, 0.1) is 6.92 Å². The highest BCUT2D eigenvalue weighted by atomic mass is 16.2. The van der Waals surface area contributed by atoms with E-state index in [1.54, 1.807) is 4.68 Å². The Morgan fingerprint density at radius 2 is 2.04 bits per heavy atom. The Morgan fingerprint density at radius 1 is 1.20 bits per heavy atom. The molecule has 0 aliphatic heterocycles. The van der Waals surface area contributed by atoms with Crippen molar-refractivity contribution in [2.45, 2.75) is 20.4 Å². The number of carbonyl (C=O) groups excluding carboxylic acids is 1. The molecule has 0 radical (unpaired) electrons. The average Bonchev–Trinajstić information content (AvgIpc) is 3.02. The molecule has 3 rings (SSSR count). The maximum absolute atomic E-state index is 12.2. The molecule has 3 aromatic rings. The van der Waals surface area contributed by atoms with Gasteiger partial charge in [-0.15, -0.1) is 5.10 Å². The van der Waals surface area contributed by atoms with E-state index in [1.807, 2.05) is 24.3 Å². The van der Waals surface area contributed by atoms with E-state index in [2.05, 4.69) is 58.6 Å². The number of aromatic nitrogens is 3. The number of benzene rings is 2. The van der Waals surface area contributed by atoms with E-state index in [9.17, 15) is 4.79 Å². The van der Waals surface area contributed by atoms with Gasteiger partial charge in [0, 0.05) is 25.3 Å². The summed E-state index contributed by atoms with van der Waals surface area (Å²) in [5, 5.41) is 11.1. The normalized spacial score (nSPS) is 10.8. The summed E-state index contributed by atoms with van der Waals surface area (Å²) in [5.74, 6) is -0.0593. The first-order valence-electron chi connectivity index (χ1n) is 8.54. The van der Waals surface area contributed by atoms with Crippen molar-refractivity contribution >= 4 is 22.6 Å².